The van der Waals surface area contributed by atoms with E-state index in [1.54, 1.807) is 6.07 Å². The topological polar surface area (TPSA) is 75.7 Å². The van der Waals surface area contributed by atoms with Crippen molar-refractivity contribution in [1.29, 1.82) is 5.41 Å². The lowest BCUT2D eigenvalue weighted by molar-refractivity contribution is 0.911. The zero-order valence-electron chi connectivity index (χ0n) is 11.3. The van der Waals surface area contributed by atoms with E-state index in [1.807, 2.05) is 6.92 Å². The van der Waals surface area contributed by atoms with Crippen LogP contribution >= 0.6 is 11.8 Å². The van der Waals surface area contributed by atoms with Crippen molar-refractivity contribution >= 4 is 17.6 Å². The lowest BCUT2D eigenvalue weighted by Crippen LogP contribution is -2.14. The van der Waals surface area contributed by atoms with Gasteiger partial charge in [0.2, 0.25) is 0 Å². The van der Waals surface area contributed by atoms with Gasteiger partial charge in [-0.25, -0.2) is 9.97 Å². The van der Waals surface area contributed by atoms with Gasteiger partial charge >= 0.3 is 0 Å². The van der Waals surface area contributed by atoms with E-state index < -0.39 is 0 Å². The molecule has 0 saturated carbocycles. The summed E-state index contributed by atoms with van der Waals surface area (Å²) in [5.74, 6) is -0.0219. The molecule has 0 unspecified atom stereocenters. The van der Waals surface area contributed by atoms with E-state index >= 15 is 0 Å². The van der Waals surface area contributed by atoms with Gasteiger partial charge in [0.05, 0.1) is 0 Å². The quantitative estimate of drug-likeness (QED) is 0.516. The molecule has 1 aliphatic carbocycles. The Morgan fingerprint density at radius 2 is 2.00 bits per heavy atom. The van der Waals surface area contributed by atoms with Crippen molar-refractivity contribution in [3.63, 3.8) is 0 Å². The van der Waals surface area contributed by atoms with Gasteiger partial charge < -0.3 is 5.73 Å². The second-order valence-electron chi connectivity index (χ2n) is 4.98. The molecule has 0 aliphatic heterocycles. The molecule has 20 heavy (non-hydrogen) atoms. The van der Waals surface area contributed by atoms with E-state index in [9.17, 15) is 0 Å². The minimum atomic E-state index is -0.0219. The predicted molar refractivity (Wildman–Crippen MR) is 80.4 cm³/mol. The number of aryl methyl sites for hydroxylation is 3. The third kappa shape index (κ3) is 2.67. The van der Waals surface area contributed by atoms with Crippen molar-refractivity contribution < 1.29 is 0 Å². The molecule has 1 aliphatic rings. The molecule has 3 N–H and O–H groups in total. The van der Waals surface area contributed by atoms with E-state index in [2.05, 4.69) is 28.2 Å². The van der Waals surface area contributed by atoms with Crippen LogP contribution in [-0.2, 0) is 12.8 Å². The second kappa shape index (κ2) is 5.25. The summed E-state index contributed by atoms with van der Waals surface area (Å²) in [6.07, 6.45) is 3.60. The molecular weight excluding hydrogens is 268 g/mol. The summed E-state index contributed by atoms with van der Waals surface area (Å²) in [5.41, 5.74) is 9.72. The van der Waals surface area contributed by atoms with Gasteiger partial charge in [0, 0.05) is 10.6 Å². The van der Waals surface area contributed by atoms with Crippen LogP contribution in [0.4, 0.5) is 0 Å². The molecule has 0 saturated heterocycles. The van der Waals surface area contributed by atoms with Crippen molar-refractivity contribution in [2.45, 2.75) is 36.2 Å². The van der Waals surface area contributed by atoms with Crippen molar-refractivity contribution in [2.75, 3.05) is 0 Å². The van der Waals surface area contributed by atoms with Gasteiger partial charge in [-0.15, -0.1) is 0 Å². The van der Waals surface area contributed by atoms with Crippen LogP contribution in [0.25, 0.3) is 0 Å². The molecule has 0 amide bonds. The lowest BCUT2D eigenvalue weighted by Gasteiger charge is -2.06. The van der Waals surface area contributed by atoms with Gasteiger partial charge in [0.25, 0.3) is 0 Å². The minimum absolute atomic E-state index is 0.0219. The Labute approximate surface area is 122 Å². The van der Waals surface area contributed by atoms with Gasteiger partial charge in [-0.2, -0.15) is 0 Å². The third-order valence-electron chi connectivity index (χ3n) is 3.39. The number of hydrogen-bond donors (Lipinski definition) is 2. The fourth-order valence-electron chi connectivity index (χ4n) is 2.44. The van der Waals surface area contributed by atoms with Gasteiger partial charge in [-0.3, -0.25) is 5.41 Å². The number of hydrogen-bond acceptors (Lipinski definition) is 4. The number of nitrogens with two attached hydrogens (primary N) is 1. The molecule has 5 heteroatoms. The summed E-state index contributed by atoms with van der Waals surface area (Å²) in [7, 11) is 0. The fraction of sp³-hybridized carbons (Fsp3) is 0.267. The Bertz CT molecular complexity index is 682. The Balaban J connectivity index is 1.89. The molecular formula is C15H16N4S. The SMILES string of the molecule is Cc1cc(C(=N)N)nc(Sc2ccc3c(c2)CCC3)n1. The first-order valence-corrected chi connectivity index (χ1v) is 7.43. The van der Waals surface area contributed by atoms with Crippen molar-refractivity contribution in [2.24, 2.45) is 5.73 Å². The number of benzene rings is 1. The van der Waals surface area contributed by atoms with Crippen molar-refractivity contribution in [3.8, 4) is 0 Å². The monoisotopic (exact) mass is 284 g/mol. The average Bonchev–Trinajstić information content (AvgIpc) is 2.85. The average molecular weight is 284 g/mol. The summed E-state index contributed by atoms with van der Waals surface area (Å²) in [5, 5.41) is 8.13. The highest BCUT2D eigenvalue weighted by atomic mass is 32.2. The van der Waals surface area contributed by atoms with Crippen LogP contribution in [0.15, 0.2) is 34.3 Å². The highest BCUT2D eigenvalue weighted by molar-refractivity contribution is 7.99. The largest absolute Gasteiger partial charge is 0.382 e. The summed E-state index contributed by atoms with van der Waals surface area (Å²) in [4.78, 5) is 9.87. The first-order chi connectivity index (χ1) is 9.61. The smallest absolute Gasteiger partial charge is 0.193 e. The summed E-state index contributed by atoms with van der Waals surface area (Å²) in [6, 6.07) is 8.28. The third-order valence-corrected chi connectivity index (χ3v) is 4.24. The number of amidine groups is 1. The van der Waals surface area contributed by atoms with Gasteiger partial charge in [0.15, 0.2) is 5.16 Å². The molecule has 0 fully saturated rings. The maximum Gasteiger partial charge on any atom is 0.193 e. The number of fused-ring (bicyclic) bond motifs is 1. The summed E-state index contributed by atoms with van der Waals surface area (Å²) < 4.78 is 0. The zero-order chi connectivity index (χ0) is 14.1. The molecule has 0 atom stereocenters. The van der Waals surface area contributed by atoms with E-state index in [1.165, 1.54) is 35.7 Å². The minimum Gasteiger partial charge on any atom is -0.382 e. The Morgan fingerprint density at radius 1 is 1.20 bits per heavy atom. The normalized spacial score (nSPS) is 13.2. The Kier molecular flexibility index (Phi) is 3.44. The number of rotatable bonds is 3. The van der Waals surface area contributed by atoms with Gasteiger partial charge in [-0.05, 0) is 67.3 Å². The maximum atomic E-state index is 7.49. The molecule has 3 rings (SSSR count). The van der Waals surface area contributed by atoms with Crippen molar-refractivity contribution in [3.05, 3.63) is 46.8 Å². The number of nitrogens with one attached hydrogen (secondary N) is 1. The van der Waals surface area contributed by atoms with Crippen LogP contribution in [0.3, 0.4) is 0 Å². The van der Waals surface area contributed by atoms with E-state index in [4.69, 9.17) is 11.1 Å². The van der Waals surface area contributed by atoms with Crippen LogP contribution in [0, 0.1) is 12.3 Å². The lowest BCUT2D eigenvalue weighted by atomic mass is 10.1. The van der Waals surface area contributed by atoms with Crippen LogP contribution in [0.2, 0.25) is 0 Å². The van der Waals surface area contributed by atoms with Gasteiger partial charge in [0.1, 0.15) is 11.5 Å². The van der Waals surface area contributed by atoms with Crippen LogP contribution in [-0.4, -0.2) is 15.8 Å². The predicted octanol–water partition coefficient (Wildman–Crippen LogP) is 2.71. The molecule has 0 spiro atoms. The number of nitrogens with zero attached hydrogens (tertiary/aromatic N) is 2. The zero-order valence-corrected chi connectivity index (χ0v) is 12.1. The number of nitrogen functional groups attached to an aromatic ring is 1. The van der Waals surface area contributed by atoms with E-state index in [-0.39, 0.29) is 5.84 Å². The summed E-state index contributed by atoms with van der Waals surface area (Å²) >= 11 is 1.52. The molecule has 1 heterocycles. The molecule has 0 bridgehead atoms. The van der Waals surface area contributed by atoms with Crippen LogP contribution in [0.1, 0.15) is 28.9 Å². The van der Waals surface area contributed by atoms with Crippen LogP contribution < -0.4 is 5.73 Å². The highest BCUT2D eigenvalue weighted by Gasteiger charge is 2.12. The molecule has 1 aromatic heterocycles. The van der Waals surface area contributed by atoms with Gasteiger partial charge in [-0.1, -0.05) is 6.07 Å². The molecule has 4 nitrogen and oxygen atoms in total. The molecule has 2 aromatic rings. The standard InChI is InChI=1S/C15H16N4S/c1-9-7-13(14(16)17)19-15(18-9)20-12-6-5-10-3-2-4-11(10)8-12/h5-8H,2-4H2,1H3,(H3,16,17). The van der Waals surface area contributed by atoms with E-state index in [0.717, 1.165) is 17.0 Å². The molecule has 102 valence electrons. The Morgan fingerprint density at radius 3 is 2.80 bits per heavy atom. The van der Waals surface area contributed by atoms with Crippen LogP contribution in [0.5, 0.6) is 0 Å². The maximum absolute atomic E-state index is 7.49. The first-order valence-electron chi connectivity index (χ1n) is 6.61. The second-order valence-corrected chi connectivity index (χ2v) is 6.02. The summed E-state index contributed by atoms with van der Waals surface area (Å²) in [6.45, 7) is 1.89. The fourth-order valence-corrected chi connectivity index (χ4v) is 3.32. The first kappa shape index (κ1) is 13.1. The Hall–Kier alpha value is -1.88. The van der Waals surface area contributed by atoms with E-state index in [0.29, 0.717) is 10.9 Å². The molecule has 1 aromatic carbocycles. The number of aromatic nitrogens is 2. The molecule has 0 radical (unpaired) electrons. The van der Waals surface area contributed by atoms with Crippen molar-refractivity contribution in [1.82, 2.24) is 9.97 Å². The highest BCUT2D eigenvalue weighted by Crippen LogP contribution is 2.30.